The molecule has 1 aromatic heterocycles. The number of nitrogens with one attached hydrogen (secondary N) is 1. The predicted molar refractivity (Wildman–Crippen MR) is 72.6 cm³/mol. The lowest BCUT2D eigenvalue weighted by atomic mass is 10.1. The van der Waals surface area contributed by atoms with Crippen molar-refractivity contribution in [3.63, 3.8) is 0 Å². The average Bonchev–Trinajstić information content (AvgIpc) is 2.46. The Morgan fingerprint density at radius 1 is 1.14 bits per heavy atom. The molecule has 1 heterocycles. The number of nitrogens with zero attached hydrogens (tertiary/aromatic N) is 1. The molecule has 2 aromatic rings. The Morgan fingerprint density at radius 3 is 2.62 bits per heavy atom. The van der Waals surface area contributed by atoms with E-state index in [1.54, 1.807) is 18.3 Å². The average molecular weight is 294 g/mol. The van der Waals surface area contributed by atoms with Gasteiger partial charge in [-0.15, -0.1) is 0 Å². The van der Waals surface area contributed by atoms with Crippen LogP contribution in [0.5, 0.6) is 0 Å². The van der Waals surface area contributed by atoms with Gasteiger partial charge in [0.25, 0.3) is 0 Å². The van der Waals surface area contributed by atoms with Crippen molar-refractivity contribution in [2.75, 3.05) is 5.32 Å². The molecule has 0 saturated carbocycles. The van der Waals surface area contributed by atoms with Gasteiger partial charge in [-0.1, -0.05) is 12.1 Å². The highest BCUT2D eigenvalue weighted by Gasteiger charge is 2.30. The molecule has 1 N–H and O–H groups in total. The van der Waals surface area contributed by atoms with Crippen LogP contribution in [0.3, 0.4) is 0 Å². The molecule has 0 aliphatic rings. The van der Waals surface area contributed by atoms with Crippen LogP contribution in [0.15, 0.2) is 48.7 Å². The number of rotatable bonds is 4. The number of aryl methyl sites for hydroxylation is 1. The minimum Gasteiger partial charge on any atom is -0.326 e. The number of amides is 1. The van der Waals surface area contributed by atoms with Gasteiger partial charge in [-0.25, -0.2) is 0 Å². The molecule has 110 valence electrons. The number of halogens is 3. The van der Waals surface area contributed by atoms with Gasteiger partial charge in [-0.3, -0.25) is 9.78 Å². The maximum absolute atomic E-state index is 12.6. The number of hydrogen-bond donors (Lipinski definition) is 1. The third kappa shape index (κ3) is 4.59. The number of benzene rings is 1. The molecular formula is C15H13F3N2O. The largest absolute Gasteiger partial charge is 0.416 e. The van der Waals surface area contributed by atoms with Crippen molar-refractivity contribution < 1.29 is 18.0 Å². The second-order valence-corrected chi connectivity index (χ2v) is 4.45. The minimum atomic E-state index is -4.42. The van der Waals surface area contributed by atoms with E-state index in [4.69, 9.17) is 0 Å². The lowest BCUT2D eigenvalue weighted by molar-refractivity contribution is -0.137. The van der Waals surface area contributed by atoms with Crippen molar-refractivity contribution in [3.8, 4) is 0 Å². The van der Waals surface area contributed by atoms with Crippen molar-refractivity contribution in [1.82, 2.24) is 4.98 Å². The van der Waals surface area contributed by atoms with Gasteiger partial charge in [0.1, 0.15) is 0 Å². The molecular weight excluding hydrogens is 281 g/mol. The zero-order valence-corrected chi connectivity index (χ0v) is 11.0. The Kier molecular flexibility index (Phi) is 4.57. The van der Waals surface area contributed by atoms with Gasteiger partial charge in [0.2, 0.25) is 5.91 Å². The van der Waals surface area contributed by atoms with Crippen molar-refractivity contribution in [2.24, 2.45) is 0 Å². The summed E-state index contributed by atoms with van der Waals surface area (Å²) >= 11 is 0. The molecule has 0 bridgehead atoms. The van der Waals surface area contributed by atoms with E-state index in [-0.39, 0.29) is 18.0 Å². The molecule has 2 rings (SSSR count). The van der Waals surface area contributed by atoms with E-state index >= 15 is 0 Å². The second-order valence-electron chi connectivity index (χ2n) is 4.45. The molecule has 0 fully saturated rings. The van der Waals surface area contributed by atoms with Crippen molar-refractivity contribution >= 4 is 11.6 Å². The topological polar surface area (TPSA) is 42.0 Å². The van der Waals surface area contributed by atoms with Crippen molar-refractivity contribution in [3.05, 3.63) is 59.9 Å². The van der Waals surface area contributed by atoms with Crippen LogP contribution in [0, 0.1) is 0 Å². The number of alkyl halides is 3. The maximum Gasteiger partial charge on any atom is 0.416 e. The smallest absolute Gasteiger partial charge is 0.326 e. The van der Waals surface area contributed by atoms with E-state index in [1.807, 2.05) is 6.07 Å². The molecule has 0 unspecified atom stereocenters. The quantitative estimate of drug-likeness (QED) is 0.934. The molecule has 6 heteroatoms. The van der Waals surface area contributed by atoms with Crippen LogP contribution >= 0.6 is 0 Å². The summed E-state index contributed by atoms with van der Waals surface area (Å²) in [6, 6.07) is 9.93. The number of carbonyl (C=O) groups excluding carboxylic acids is 1. The molecule has 0 aliphatic heterocycles. The number of hydrogen-bond acceptors (Lipinski definition) is 2. The monoisotopic (exact) mass is 294 g/mol. The lowest BCUT2D eigenvalue weighted by Crippen LogP contribution is -2.13. The summed E-state index contributed by atoms with van der Waals surface area (Å²) in [6.45, 7) is 0. The Labute approximate surface area is 119 Å². The summed E-state index contributed by atoms with van der Waals surface area (Å²) in [5.74, 6) is -0.347. The van der Waals surface area contributed by atoms with E-state index in [0.29, 0.717) is 6.42 Å². The van der Waals surface area contributed by atoms with E-state index in [1.165, 1.54) is 12.1 Å². The lowest BCUT2D eigenvalue weighted by Gasteiger charge is -2.09. The van der Waals surface area contributed by atoms with Crippen molar-refractivity contribution in [2.45, 2.75) is 19.0 Å². The van der Waals surface area contributed by atoms with Gasteiger partial charge in [0.15, 0.2) is 0 Å². The van der Waals surface area contributed by atoms with Gasteiger partial charge in [-0.05, 0) is 36.8 Å². The molecule has 0 radical (unpaired) electrons. The van der Waals surface area contributed by atoms with Crippen LogP contribution < -0.4 is 5.32 Å². The first-order valence-corrected chi connectivity index (χ1v) is 6.32. The van der Waals surface area contributed by atoms with Gasteiger partial charge in [0.05, 0.1) is 5.56 Å². The van der Waals surface area contributed by atoms with Crippen LogP contribution in [0.1, 0.15) is 17.7 Å². The molecule has 21 heavy (non-hydrogen) atoms. The summed E-state index contributed by atoms with van der Waals surface area (Å²) < 4.78 is 37.7. The fourth-order valence-electron chi connectivity index (χ4n) is 1.78. The van der Waals surface area contributed by atoms with Crippen LogP contribution in [-0.4, -0.2) is 10.9 Å². The number of anilines is 1. The van der Waals surface area contributed by atoms with E-state index in [9.17, 15) is 18.0 Å². The standard InChI is InChI=1S/C15H13F3N2O/c16-15(17,18)11-4-3-6-13(10-11)20-14(21)8-7-12-5-1-2-9-19-12/h1-6,9-10H,7-8H2,(H,20,21). The number of pyridine rings is 1. The summed E-state index contributed by atoms with van der Waals surface area (Å²) in [4.78, 5) is 15.8. The van der Waals surface area contributed by atoms with Crippen LogP contribution in [-0.2, 0) is 17.4 Å². The van der Waals surface area contributed by atoms with Crippen LogP contribution in [0.2, 0.25) is 0 Å². The highest BCUT2D eigenvalue weighted by atomic mass is 19.4. The van der Waals surface area contributed by atoms with Gasteiger partial charge < -0.3 is 5.32 Å². The van der Waals surface area contributed by atoms with Crippen LogP contribution in [0.4, 0.5) is 18.9 Å². The second kappa shape index (κ2) is 6.39. The molecule has 3 nitrogen and oxygen atoms in total. The number of aromatic nitrogens is 1. The van der Waals surface area contributed by atoms with E-state index in [2.05, 4.69) is 10.3 Å². The minimum absolute atomic E-state index is 0.135. The predicted octanol–water partition coefficient (Wildman–Crippen LogP) is 3.67. The molecule has 0 saturated heterocycles. The zero-order valence-electron chi connectivity index (χ0n) is 11.0. The molecule has 1 aromatic carbocycles. The van der Waals surface area contributed by atoms with Gasteiger partial charge >= 0.3 is 6.18 Å². The fraction of sp³-hybridized carbons (Fsp3) is 0.200. The Hall–Kier alpha value is -2.37. The first-order valence-electron chi connectivity index (χ1n) is 6.32. The van der Waals surface area contributed by atoms with E-state index < -0.39 is 11.7 Å². The van der Waals surface area contributed by atoms with Crippen molar-refractivity contribution in [1.29, 1.82) is 0 Å². The Morgan fingerprint density at radius 2 is 1.95 bits per heavy atom. The first kappa shape index (κ1) is 15.0. The molecule has 0 aliphatic carbocycles. The fourth-order valence-corrected chi connectivity index (χ4v) is 1.78. The normalized spacial score (nSPS) is 11.2. The first-order chi connectivity index (χ1) is 9.95. The summed E-state index contributed by atoms with van der Waals surface area (Å²) in [5.41, 5.74) is 0.109. The third-order valence-corrected chi connectivity index (χ3v) is 2.81. The summed E-state index contributed by atoms with van der Waals surface area (Å²) in [5, 5.41) is 2.46. The zero-order chi connectivity index (χ0) is 15.3. The summed E-state index contributed by atoms with van der Waals surface area (Å²) in [6.07, 6.45) is -2.20. The molecule has 0 atom stereocenters. The van der Waals surface area contributed by atoms with Gasteiger partial charge in [0, 0.05) is 24.0 Å². The van der Waals surface area contributed by atoms with Gasteiger partial charge in [-0.2, -0.15) is 13.2 Å². The van der Waals surface area contributed by atoms with Crippen LogP contribution in [0.25, 0.3) is 0 Å². The molecule has 1 amide bonds. The highest BCUT2D eigenvalue weighted by molar-refractivity contribution is 5.90. The highest BCUT2D eigenvalue weighted by Crippen LogP contribution is 2.30. The molecule has 0 spiro atoms. The summed E-state index contributed by atoms with van der Waals surface area (Å²) in [7, 11) is 0. The maximum atomic E-state index is 12.6. The van der Waals surface area contributed by atoms with E-state index in [0.717, 1.165) is 17.8 Å². The third-order valence-electron chi connectivity index (χ3n) is 2.81. The Balaban J connectivity index is 1.94. The Bertz CT molecular complexity index is 612. The number of carbonyl (C=O) groups is 1. The SMILES string of the molecule is O=C(CCc1ccccn1)Nc1cccc(C(F)(F)F)c1.